The lowest BCUT2D eigenvalue weighted by Gasteiger charge is -2.13. The summed E-state index contributed by atoms with van der Waals surface area (Å²) in [4.78, 5) is 21.6. The molecule has 5 N–H and O–H groups in total. The number of hydrogen-bond acceptors (Lipinski definition) is 8. The molecule has 39 heavy (non-hydrogen) atoms. The number of fused-ring (bicyclic) bond motifs is 2. The molecule has 5 aromatic heterocycles. The van der Waals surface area contributed by atoms with Crippen LogP contribution in [-0.2, 0) is 17.9 Å². The third-order valence-corrected chi connectivity index (χ3v) is 6.87. The number of nitrogens with one attached hydrogen (secondary N) is 1. The molecule has 200 valence electrons. The molecule has 0 aliphatic heterocycles. The zero-order valence-electron chi connectivity index (χ0n) is 21.5. The molecule has 6 rings (SSSR count). The molecule has 5 aromatic rings. The van der Waals surface area contributed by atoms with Crippen LogP contribution in [0, 0.1) is 19.7 Å². The minimum absolute atomic E-state index is 0.00980. The van der Waals surface area contributed by atoms with Crippen LogP contribution < -0.4 is 16.9 Å². The molecule has 0 radical (unpaired) electrons. The number of hydrogen-bond donors (Lipinski definition) is 3. The van der Waals surface area contributed by atoms with E-state index in [1.807, 2.05) is 22.1 Å². The zero-order chi connectivity index (χ0) is 27.3. The number of rotatable bonds is 8. The van der Waals surface area contributed by atoms with Crippen molar-refractivity contribution < 1.29 is 9.18 Å². The number of nitrogens with zero attached hydrogens (tertiary/aromatic N) is 8. The van der Waals surface area contributed by atoms with Crippen LogP contribution in [0.1, 0.15) is 47.1 Å². The largest absolute Gasteiger partial charge is 0.393 e. The molecule has 1 saturated carbocycles. The molecule has 5 heterocycles. The van der Waals surface area contributed by atoms with Gasteiger partial charge >= 0.3 is 0 Å². The van der Waals surface area contributed by atoms with E-state index in [2.05, 4.69) is 32.8 Å². The normalized spacial score (nSPS) is 13.9. The van der Waals surface area contributed by atoms with Crippen molar-refractivity contribution in [2.45, 2.75) is 45.7 Å². The van der Waals surface area contributed by atoms with Crippen molar-refractivity contribution in [3.63, 3.8) is 0 Å². The lowest BCUT2D eigenvalue weighted by molar-refractivity contribution is -0.117. The van der Waals surface area contributed by atoms with Crippen LogP contribution in [0.15, 0.2) is 55.3 Å². The number of amides is 1. The Morgan fingerprint density at radius 2 is 2.08 bits per heavy atom. The Bertz CT molecular complexity index is 1740. The summed E-state index contributed by atoms with van der Waals surface area (Å²) in [5.74, 6) is 6.55. The van der Waals surface area contributed by atoms with Crippen molar-refractivity contribution >= 4 is 17.1 Å². The molecule has 1 aliphatic rings. The van der Waals surface area contributed by atoms with Crippen molar-refractivity contribution in [2.24, 2.45) is 11.6 Å². The molecule has 0 aromatic carbocycles. The molecular weight excluding hydrogens is 501 g/mol. The summed E-state index contributed by atoms with van der Waals surface area (Å²) in [5.41, 5.74) is 10.7. The molecule has 13 heteroatoms. The maximum Gasteiger partial charge on any atom is 0.269 e. The quantitative estimate of drug-likeness (QED) is 0.157. The highest BCUT2D eigenvalue weighted by molar-refractivity contribution is 5.92. The first kappa shape index (κ1) is 24.6. The van der Waals surface area contributed by atoms with E-state index in [9.17, 15) is 9.18 Å². The molecule has 0 saturated heterocycles. The zero-order valence-corrected chi connectivity index (χ0v) is 21.5. The van der Waals surface area contributed by atoms with E-state index < -0.39 is 5.91 Å². The van der Waals surface area contributed by atoms with E-state index in [0.29, 0.717) is 28.4 Å². The fraction of sp³-hybridized carbons (Fsp3) is 0.269. The number of carbonyl (C=O) groups excluding carboxylic acids is 1. The third kappa shape index (κ3) is 4.68. The van der Waals surface area contributed by atoms with Gasteiger partial charge in [0.15, 0.2) is 11.5 Å². The maximum atomic E-state index is 14.6. The molecule has 0 unspecified atom stereocenters. The summed E-state index contributed by atoms with van der Waals surface area (Å²) in [6.07, 6.45) is 12.6. The predicted molar refractivity (Wildman–Crippen MR) is 141 cm³/mol. The van der Waals surface area contributed by atoms with E-state index in [0.717, 1.165) is 17.2 Å². The fourth-order valence-corrected chi connectivity index (χ4v) is 4.65. The number of aryl methyl sites for hydroxylation is 2. The smallest absolute Gasteiger partial charge is 0.269 e. The molecule has 0 spiro atoms. The Morgan fingerprint density at radius 1 is 1.26 bits per heavy atom. The summed E-state index contributed by atoms with van der Waals surface area (Å²) in [5, 5.41) is 12.1. The number of halogens is 1. The standard InChI is InChI=1S/C26H28FN11O/c1-15-5-6-35-13-31-21(24(35)23(15)27)8-30-26(39)20(28)12-37(29)11-19-10-36-9-18(17-3-4-17)7-22(25(36)33-19)38-14-32-34-16(38)2/h5-7,9-10,12-14,17H,3-4,8,11,28-29H2,1-2H3,(H,30,39)/b20-12-. The first-order valence-corrected chi connectivity index (χ1v) is 12.5. The Morgan fingerprint density at radius 3 is 2.82 bits per heavy atom. The van der Waals surface area contributed by atoms with E-state index in [-0.39, 0.29) is 24.6 Å². The molecule has 1 amide bonds. The van der Waals surface area contributed by atoms with Gasteiger partial charge in [-0.05, 0) is 55.9 Å². The van der Waals surface area contributed by atoms with Crippen molar-refractivity contribution in [1.29, 1.82) is 0 Å². The van der Waals surface area contributed by atoms with Crippen molar-refractivity contribution in [3.8, 4) is 5.69 Å². The summed E-state index contributed by atoms with van der Waals surface area (Å²) in [6, 6.07) is 3.80. The van der Waals surface area contributed by atoms with E-state index in [1.54, 1.807) is 29.9 Å². The van der Waals surface area contributed by atoms with Crippen LogP contribution >= 0.6 is 0 Å². The highest BCUT2D eigenvalue weighted by Crippen LogP contribution is 2.41. The topological polar surface area (TPSA) is 150 Å². The number of imidazole rings is 2. The maximum absolute atomic E-state index is 14.6. The highest BCUT2D eigenvalue weighted by atomic mass is 19.1. The molecule has 12 nitrogen and oxygen atoms in total. The van der Waals surface area contributed by atoms with E-state index >= 15 is 0 Å². The summed E-state index contributed by atoms with van der Waals surface area (Å²) >= 11 is 0. The van der Waals surface area contributed by atoms with Gasteiger partial charge in [0.25, 0.3) is 5.91 Å². The van der Waals surface area contributed by atoms with Crippen LogP contribution in [-0.4, -0.2) is 44.4 Å². The van der Waals surface area contributed by atoms with Gasteiger partial charge in [0.2, 0.25) is 0 Å². The second kappa shape index (κ2) is 9.51. The Kier molecular flexibility index (Phi) is 5.99. The Balaban J connectivity index is 1.17. The minimum Gasteiger partial charge on any atom is -0.393 e. The lowest BCUT2D eigenvalue weighted by atomic mass is 10.2. The van der Waals surface area contributed by atoms with Crippen LogP contribution in [0.4, 0.5) is 4.39 Å². The van der Waals surface area contributed by atoms with Crippen LogP contribution in [0.3, 0.4) is 0 Å². The first-order valence-electron chi connectivity index (χ1n) is 12.5. The van der Waals surface area contributed by atoms with Gasteiger partial charge in [-0.1, -0.05) is 0 Å². The molecule has 1 aliphatic carbocycles. The van der Waals surface area contributed by atoms with Crippen LogP contribution in [0.25, 0.3) is 16.9 Å². The number of nitrogens with two attached hydrogens (primary N) is 2. The van der Waals surface area contributed by atoms with E-state index in [4.69, 9.17) is 16.6 Å². The number of carbonyl (C=O) groups is 1. The third-order valence-electron chi connectivity index (χ3n) is 6.87. The summed E-state index contributed by atoms with van der Waals surface area (Å²) < 4.78 is 20.0. The molecule has 1 fully saturated rings. The SMILES string of the molecule is Cc1ccn2cnc(CNC(=O)/C(N)=C/N(N)Cc3cn4cc(C5CC5)cc(-n5cnnc5C)c4n3)c2c1F. The average molecular weight is 530 g/mol. The Hall–Kier alpha value is -4.78. The van der Waals surface area contributed by atoms with Gasteiger partial charge in [0, 0.05) is 24.8 Å². The van der Waals surface area contributed by atoms with Gasteiger partial charge in [-0.3, -0.25) is 9.36 Å². The highest BCUT2D eigenvalue weighted by Gasteiger charge is 2.26. The Labute approximate surface area is 222 Å². The number of pyridine rings is 2. The van der Waals surface area contributed by atoms with Crippen molar-refractivity contribution in [1.82, 2.24) is 43.9 Å². The van der Waals surface area contributed by atoms with Crippen molar-refractivity contribution in [3.05, 3.63) is 89.4 Å². The van der Waals surface area contributed by atoms with Gasteiger partial charge in [-0.15, -0.1) is 10.2 Å². The minimum atomic E-state index is -0.547. The second-order valence-corrected chi connectivity index (χ2v) is 9.84. The predicted octanol–water partition coefficient (Wildman–Crippen LogP) is 1.99. The fourth-order valence-electron chi connectivity index (χ4n) is 4.65. The van der Waals surface area contributed by atoms with Gasteiger partial charge < -0.3 is 24.9 Å². The van der Waals surface area contributed by atoms with Crippen LogP contribution in [0.5, 0.6) is 0 Å². The van der Waals surface area contributed by atoms with E-state index in [1.165, 1.54) is 35.9 Å². The first-order chi connectivity index (χ1) is 18.8. The average Bonchev–Trinajstić information content (AvgIpc) is 3.33. The monoisotopic (exact) mass is 529 g/mol. The van der Waals surface area contributed by atoms with Gasteiger partial charge in [0.1, 0.15) is 23.4 Å². The molecule has 0 atom stereocenters. The number of aromatic nitrogens is 7. The van der Waals surface area contributed by atoms with Gasteiger partial charge in [-0.25, -0.2) is 20.2 Å². The van der Waals surface area contributed by atoms with Gasteiger partial charge in [0.05, 0.1) is 36.5 Å². The molecular formula is C26H28FN11O. The second-order valence-electron chi connectivity index (χ2n) is 9.84. The molecule has 0 bridgehead atoms. The number of hydrazine groups is 1. The van der Waals surface area contributed by atoms with Gasteiger partial charge in [-0.2, -0.15) is 0 Å². The summed E-state index contributed by atoms with van der Waals surface area (Å²) in [7, 11) is 0. The summed E-state index contributed by atoms with van der Waals surface area (Å²) in [6.45, 7) is 3.79. The van der Waals surface area contributed by atoms with Crippen LogP contribution in [0.2, 0.25) is 0 Å². The lowest BCUT2D eigenvalue weighted by Crippen LogP contribution is -2.32. The van der Waals surface area contributed by atoms with Crippen molar-refractivity contribution in [2.75, 3.05) is 0 Å².